The molecule has 0 bridgehead atoms. The second-order valence-electron chi connectivity index (χ2n) is 4.27. The lowest BCUT2D eigenvalue weighted by Gasteiger charge is -2.23. The Hall–Kier alpha value is -1.52. The van der Waals surface area contributed by atoms with Gasteiger partial charge in [0, 0.05) is 0 Å². The minimum atomic E-state index is -0.00861. The number of ether oxygens (including phenoxy) is 2. The van der Waals surface area contributed by atoms with Gasteiger partial charge in [0.05, 0.1) is 25.5 Å². The van der Waals surface area contributed by atoms with E-state index in [0.717, 1.165) is 30.8 Å². The van der Waals surface area contributed by atoms with E-state index < -0.39 is 0 Å². The van der Waals surface area contributed by atoms with Crippen molar-refractivity contribution >= 4 is 0 Å². The molecule has 0 radical (unpaired) electrons. The second kappa shape index (κ2) is 6.42. The van der Waals surface area contributed by atoms with E-state index in [2.05, 4.69) is 5.43 Å². The lowest BCUT2D eigenvalue weighted by Crippen LogP contribution is -2.30. The van der Waals surface area contributed by atoms with Gasteiger partial charge in [-0.05, 0) is 43.0 Å². The van der Waals surface area contributed by atoms with Crippen molar-refractivity contribution in [1.29, 1.82) is 0 Å². The third-order valence-electron chi connectivity index (χ3n) is 3.00. The van der Waals surface area contributed by atoms with Crippen LogP contribution >= 0.6 is 0 Å². The molecule has 18 heavy (non-hydrogen) atoms. The van der Waals surface area contributed by atoms with Crippen LogP contribution in [0.2, 0.25) is 0 Å². The Labute approximate surface area is 108 Å². The maximum absolute atomic E-state index is 5.67. The fourth-order valence-electron chi connectivity index (χ4n) is 2.16. The van der Waals surface area contributed by atoms with Crippen LogP contribution in [-0.2, 0) is 4.74 Å². The Morgan fingerprint density at radius 3 is 3.06 bits per heavy atom. The van der Waals surface area contributed by atoms with Gasteiger partial charge in [0.15, 0.2) is 0 Å². The van der Waals surface area contributed by atoms with Crippen molar-refractivity contribution in [1.82, 2.24) is 5.43 Å². The van der Waals surface area contributed by atoms with Crippen LogP contribution in [0.5, 0.6) is 5.75 Å². The molecule has 4 heteroatoms. The van der Waals surface area contributed by atoms with Crippen LogP contribution in [0, 0.1) is 0 Å². The Kier molecular flexibility index (Phi) is 4.61. The Balaban J connectivity index is 2.21. The first kappa shape index (κ1) is 12.9. The molecule has 2 rings (SSSR count). The van der Waals surface area contributed by atoms with E-state index in [1.807, 2.05) is 37.5 Å². The van der Waals surface area contributed by atoms with E-state index in [1.54, 1.807) is 0 Å². The molecule has 3 N–H and O–H groups in total. The molecular weight excluding hydrogens is 228 g/mol. The molecule has 1 aromatic carbocycles. The fraction of sp³-hybridized carbons (Fsp3) is 0.429. The fourth-order valence-corrected chi connectivity index (χ4v) is 2.16. The van der Waals surface area contributed by atoms with Gasteiger partial charge in [-0.3, -0.25) is 5.84 Å². The first-order valence-electron chi connectivity index (χ1n) is 6.34. The van der Waals surface area contributed by atoms with Crippen molar-refractivity contribution < 1.29 is 9.47 Å². The van der Waals surface area contributed by atoms with Gasteiger partial charge in [-0.2, -0.15) is 0 Å². The summed E-state index contributed by atoms with van der Waals surface area (Å²) in [4.78, 5) is 0. The summed E-state index contributed by atoms with van der Waals surface area (Å²) in [6, 6.07) is 7.98. The van der Waals surface area contributed by atoms with Crippen molar-refractivity contribution in [3.63, 3.8) is 0 Å². The zero-order valence-electron chi connectivity index (χ0n) is 10.7. The van der Waals surface area contributed by atoms with E-state index in [4.69, 9.17) is 15.3 Å². The standard InChI is InChI=1S/C14H20N2O2/c1-2-18-13-7-3-5-11(9-13)14(16-15)12-6-4-8-17-10-12/h3,5,7,9-10,14,16H,2,4,6,8,15H2,1H3. The summed E-state index contributed by atoms with van der Waals surface area (Å²) >= 11 is 0. The zero-order chi connectivity index (χ0) is 12.8. The Bertz CT molecular complexity index is 418. The van der Waals surface area contributed by atoms with Crippen molar-refractivity contribution in [3.05, 3.63) is 41.7 Å². The zero-order valence-corrected chi connectivity index (χ0v) is 10.7. The Morgan fingerprint density at radius 1 is 1.50 bits per heavy atom. The normalized spacial score (nSPS) is 16.7. The summed E-state index contributed by atoms with van der Waals surface area (Å²) in [6.07, 6.45) is 3.87. The van der Waals surface area contributed by atoms with Gasteiger partial charge in [-0.1, -0.05) is 12.1 Å². The van der Waals surface area contributed by atoms with Crippen LogP contribution in [0.1, 0.15) is 31.4 Å². The van der Waals surface area contributed by atoms with Crippen LogP contribution in [0.25, 0.3) is 0 Å². The highest BCUT2D eigenvalue weighted by Gasteiger charge is 2.18. The quantitative estimate of drug-likeness (QED) is 0.620. The van der Waals surface area contributed by atoms with Gasteiger partial charge < -0.3 is 9.47 Å². The smallest absolute Gasteiger partial charge is 0.119 e. The lowest BCUT2D eigenvalue weighted by atomic mass is 9.96. The van der Waals surface area contributed by atoms with Crippen molar-refractivity contribution in [2.45, 2.75) is 25.8 Å². The molecule has 0 saturated carbocycles. The minimum absolute atomic E-state index is 0.00861. The molecule has 1 heterocycles. The van der Waals surface area contributed by atoms with Crippen LogP contribution in [-0.4, -0.2) is 13.2 Å². The van der Waals surface area contributed by atoms with Crippen LogP contribution in [0.4, 0.5) is 0 Å². The van der Waals surface area contributed by atoms with Gasteiger partial charge in [-0.25, -0.2) is 5.43 Å². The summed E-state index contributed by atoms with van der Waals surface area (Å²) in [7, 11) is 0. The summed E-state index contributed by atoms with van der Waals surface area (Å²) in [5, 5.41) is 0. The maximum Gasteiger partial charge on any atom is 0.119 e. The molecule has 1 atom stereocenters. The van der Waals surface area contributed by atoms with Crippen molar-refractivity contribution in [3.8, 4) is 5.75 Å². The molecule has 0 aromatic heterocycles. The lowest BCUT2D eigenvalue weighted by molar-refractivity contribution is 0.219. The van der Waals surface area contributed by atoms with Crippen molar-refractivity contribution in [2.24, 2.45) is 5.84 Å². The topological polar surface area (TPSA) is 56.5 Å². The van der Waals surface area contributed by atoms with Gasteiger partial charge in [0.25, 0.3) is 0 Å². The third-order valence-corrected chi connectivity index (χ3v) is 3.00. The predicted octanol–water partition coefficient (Wildman–Crippen LogP) is 2.28. The molecule has 0 fully saturated rings. The highest BCUT2D eigenvalue weighted by atomic mass is 16.5. The average Bonchev–Trinajstić information content (AvgIpc) is 2.42. The maximum atomic E-state index is 5.67. The summed E-state index contributed by atoms with van der Waals surface area (Å²) < 4.78 is 10.9. The first-order valence-corrected chi connectivity index (χ1v) is 6.34. The number of hydrogen-bond donors (Lipinski definition) is 2. The first-order chi connectivity index (χ1) is 8.85. The van der Waals surface area contributed by atoms with Crippen LogP contribution < -0.4 is 16.0 Å². The SMILES string of the molecule is CCOc1cccc(C(NN)C2=COCCC2)c1. The minimum Gasteiger partial charge on any atom is -0.501 e. The van der Waals surface area contributed by atoms with E-state index >= 15 is 0 Å². The molecule has 1 aliphatic heterocycles. The van der Waals surface area contributed by atoms with E-state index in [0.29, 0.717) is 6.61 Å². The number of nitrogens with two attached hydrogens (primary N) is 1. The number of benzene rings is 1. The van der Waals surface area contributed by atoms with Crippen molar-refractivity contribution in [2.75, 3.05) is 13.2 Å². The Morgan fingerprint density at radius 2 is 2.39 bits per heavy atom. The number of hydrogen-bond acceptors (Lipinski definition) is 4. The average molecular weight is 248 g/mol. The number of nitrogens with one attached hydrogen (secondary N) is 1. The largest absolute Gasteiger partial charge is 0.501 e. The number of rotatable bonds is 5. The summed E-state index contributed by atoms with van der Waals surface area (Å²) in [6.45, 7) is 3.43. The second-order valence-corrected chi connectivity index (χ2v) is 4.27. The monoisotopic (exact) mass is 248 g/mol. The molecule has 0 saturated heterocycles. The molecule has 1 unspecified atom stereocenters. The molecule has 1 aromatic rings. The van der Waals surface area contributed by atoms with Gasteiger partial charge >= 0.3 is 0 Å². The molecule has 4 nitrogen and oxygen atoms in total. The molecule has 0 spiro atoms. The van der Waals surface area contributed by atoms with Crippen LogP contribution in [0.3, 0.4) is 0 Å². The number of hydrazine groups is 1. The van der Waals surface area contributed by atoms with Gasteiger partial charge in [0.2, 0.25) is 0 Å². The van der Waals surface area contributed by atoms with Gasteiger partial charge in [-0.15, -0.1) is 0 Å². The molecule has 98 valence electrons. The van der Waals surface area contributed by atoms with E-state index in [1.165, 1.54) is 5.57 Å². The van der Waals surface area contributed by atoms with E-state index in [-0.39, 0.29) is 6.04 Å². The molecule has 0 amide bonds. The predicted molar refractivity (Wildman–Crippen MR) is 70.9 cm³/mol. The molecule has 0 aliphatic carbocycles. The van der Waals surface area contributed by atoms with Gasteiger partial charge in [0.1, 0.15) is 5.75 Å². The molecular formula is C14H20N2O2. The third kappa shape index (κ3) is 3.03. The summed E-state index contributed by atoms with van der Waals surface area (Å²) in [5.74, 6) is 6.54. The van der Waals surface area contributed by atoms with E-state index in [9.17, 15) is 0 Å². The summed E-state index contributed by atoms with van der Waals surface area (Å²) in [5.41, 5.74) is 5.13. The van der Waals surface area contributed by atoms with Crippen LogP contribution in [0.15, 0.2) is 36.1 Å². The molecule has 1 aliphatic rings. The highest BCUT2D eigenvalue weighted by Crippen LogP contribution is 2.28. The highest BCUT2D eigenvalue weighted by molar-refractivity contribution is 5.34.